The maximum Gasteiger partial charge on any atom is 0.416 e. The number of carbonyl (C=O) groups is 2. The maximum absolute atomic E-state index is 13.0. The first-order valence-corrected chi connectivity index (χ1v) is 19.9. The minimum absolute atomic E-state index is 0.0254. The van der Waals surface area contributed by atoms with Gasteiger partial charge in [0.05, 0.1) is 17.7 Å². The number of rotatable bonds is 11. The van der Waals surface area contributed by atoms with Crippen LogP contribution in [0.4, 0.5) is 26.3 Å². The largest absolute Gasteiger partial charge is 0.478 e. The fourth-order valence-corrected chi connectivity index (χ4v) is 6.61. The summed E-state index contributed by atoms with van der Waals surface area (Å²) in [4.78, 5) is 27.4. The number of aromatic nitrogens is 6. The van der Waals surface area contributed by atoms with Crippen LogP contribution in [-0.4, -0.2) is 53.6 Å². The van der Waals surface area contributed by atoms with E-state index in [4.69, 9.17) is 37.4 Å². The molecule has 0 bridgehead atoms. The Bertz CT molecular complexity index is 2930. The summed E-state index contributed by atoms with van der Waals surface area (Å²) < 4.78 is 94.5. The van der Waals surface area contributed by atoms with E-state index in [-0.39, 0.29) is 34.9 Å². The number of carboxylic acids is 1. The molecule has 0 aliphatic heterocycles. The van der Waals surface area contributed by atoms with E-state index in [1.165, 1.54) is 52.9 Å². The zero-order valence-electron chi connectivity index (χ0n) is 33.7. The van der Waals surface area contributed by atoms with Gasteiger partial charge in [-0.2, -0.15) is 26.3 Å². The zero-order valence-corrected chi connectivity index (χ0v) is 35.2. The Morgan fingerprint density at radius 3 is 1.43 bits per heavy atom. The highest BCUT2D eigenvalue weighted by Crippen LogP contribution is 2.37. The molecule has 12 nitrogen and oxygen atoms in total. The van der Waals surface area contributed by atoms with Crippen molar-refractivity contribution in [2.24, 2.45) is 0 Å². The van der Waals surface area contributed by atoms with Gasteiger partial charge < -0.3 is 19.3 Å². The lowest BCUT2D eigenvalue weighted by Crippen LogP contribution is -2.39. The smallest absolute Gasteiger partial charge is 0.416 e. The maximum atomic E-state index is 13.0. The number of benzene rings is 6. The molecule has 0 spiro atoms. The third-order valence-electron chi connectivity index (χ3n) is 9.62. The van der Waals surface area contributed by atoms with Gasteiger partial charge in [0.1, 0.15) is 44.9 Å². The van der Waals surface area contributed by atoms with Crippen LogP contribution in [0.1, 0.15) is 42.2 Å². The molecule has 2 heterocycles. The predicted molar refractivity (Wildman–Crippen MR) is 226 cm³/mol. The van der Waals surface area contributed by atoms with E-state index in [2.05, 4.69) is 20.4 Å². The highest BCUT2D eigenvalue weighted by molar-refractivity contribution is 6.31. The lowest BCUT2D eigenvalue weighted by atomic mass is 9.94. The van der Waals surface area contributed by atoms with Crippen molar-refractivity contribution in [3.8, 4) is 22.9 Å². The van der Waals surface area contributed by atoms with Crippen molar-refractivity contribution in [1.82, 2.24) is 30.0 Å². The lowest BCUT2D eigenvalue weighted by Gasteiger charge is -2.28. The topological polar surface area (TPSA) is 143 Å². The molecule has 20 heteroatoms. The molecule has 0 fully saturated rings. The van der Waals surface area contributed by atoms with Crippen LogP contribution in [0.25, 0.3) is 33.4 Å². The van der Waals surface area contributed by atoms with E-state index in [1.807, 2.05) is 12.1 Å². The second-order valence-electron chi connectivity index (χ2n) is 14.1. The Labute approximate surface area is 374 Å². The first kappa shape index (κ1) is 45.8. The Hall–Kier alpha value is -7.18. The molecule has 2 unspecified atom stereocenters. The molecule has 0 aliphatic rings. The van der Waals surface area contributed by atoms with E-state index < -0.39 is 47.1 Å². The second-order valence-corrected chi connectivity index (χ2v) is 14.9. The number of nitrogens with zero attached hydrogens (tertiary/aromatic N) is 6. The fraction of sp³-hybridized carbons (Fsp3) is 0.156. The number of carboxylic acid groups (broad SMARTS) is 1. The number of hydrogen-bond acceptors (Lipinski definition) is 9. The van der Waals surface area contributed by atoms with Gasteiger partial charge in [-0.05, 0) is 98.8 Å². The highest BCUT2D eigenvalue weighted by atomic mass is 35.5. The van der Waals surface area contributed by atoms with Crippen LogP contribution in [-0.2, 0) is 32.3 Å². The van der Waals surface area contributed by atoms with Crippen LogP contribution in [0.2, 0.25) is 10.0 Å². The molecule has 0 aliphatic carbocycles. The third kappa shape index (κ3) is 10.3. The predicted octanol–water partition coefficient (Wildman–Crippen LogP) is 11.2. The molecular weight excluding hydrogens is 905 g/mol. The fourth-order valence-electron chi connectivity index (χ4n) is 6.28. The molecule has 0 saturated heterocycles. The number of carbonyl (C=O) groups excluding carboxylic acids is 1. The van der Waals surface area contributed by atoms with Crippen LogP contribution < -0.4 is 9.47 Å². The normalized spacial score (nSPS) is 13.1. The Morgan fingerprint density at radius 2 is 1.02 bits per heavy atom. The molecule has 8 rings (SSSR count). The molecule has 1 N–H and O–H groups in total. The molecule has 0 saturated carbocycles. The molecule has 8 aromatic rings. The zero-order chi connectivity index (χ0) is 46.7. The van der Waals surface area contributed by atoms with Crippen LogP contribution in [0.3, 0.4) is 0 Å². The van der Waals surface area contributed by atoms with Crippen molar-refractivity contribution in [3.63, 3.8) is 0 Å². The molecule has 6 aromatic carbocycles. The molecule has 65 heavy (non-hydrogen) atoms. The number of alkyl halides is 6. The molecular formula is C45H32Cl2F6N6O6. The van der Waals surface area contributed by atoms with Gasteiger partial charge in [0.15, 0.2) is 0 Å². The number of fused-ring (bicyclic) bond motifs is 2. The van der Waals surface area contributed by atoms with Crippen molar-refractivity contribution in [1.29, 1.82) is 0 Å². The molecule has 2 aromatic heterocycles. The van der Waals surface area contributed by atoms with Crippen LogP contribution in [0, 0.1) is 0 Å². The van der Waals surface area contributed by atoms with Crippen LogP contribution in [0.5, 0.6) is 11.5 Å². The lowest BCUT2D eigenvalue weighted by molar-refractivity contribution is -0.154. The summed E-state index contributed by atoms with van der Waals surface area (Å²) in [5.41, 5.74) is -0.432. The van der Waals surface area contributed by atoms with Gasteiger partial charge in [0.25, 0.3) is 0 Å². The van der Waals surface area contributed by atoms with E-state index in [0.717, 1.165) is 36.4 Å². The van der Waals surface area contributed by atoms with Gasteiger partial charge in [-0.25, -0.2) is 9.59 Å². The summed E-state index contributed by atoms with van der Waals surface area (Å²) in [6, 6.07) is 31.3. The summed E-state index contributed by atoms with van der Waals surface area (Å²) in [5.74, 6) is -1.87. The first-order valence-electron chi connectivity index (χ1n) is 19.2. The number of hydrogen-bond donors (Lipinski definition) is 1. The van der Waals surface area contributed by atoms with Crippen molar-refractivity contribution in [2.75, 3.05) is 6.61 Å². The van der Waals surface area contributed by atoms with Crippen molar-refractivity contribution in [2.45, 2.75) is 37.9 Å². The molecule has 0 radical (unpaired) electrons. The van der Waals surface area contributed by atoms with Crippen LogP contribution in [0.15, 0.2) is 133 Å². The Balaban J connectivity index is 0.000000194. The summed E-state index contributed by atoms with van der Waals surface area (Å²) >= 11 is 12.3. The van der Waals surface area contributed by atoms with E-state index >= 15 is 0 Å². The average molecular weight is 938 g/mol. The summed E-state index contributed by atoms with van der Waals surface area (Å²) in [6.45, 7) is 2.94. The van der Waals surface area contributed by atoms with Gasteiger partial charge in [-0.3, -0.25) is 0 Å². The number of aliphatic carboxylic acids is 1. The van der Waals surface area contributed by atoms with Gasteiger partial charge in [-0.15, -0.1) is 30.0 Å². The molecule has 334 valence electrons. The minimum Gasteiger partial charge on any atom is -0.478 e. The van der Waals surface area contributed by atoms with Gasteiger partial charge >= 0.3 is 24.3 Å². The summed E-state index contributed by atoms with van der Waals surface area (Å²) in [5, 5.41) is 28.2. The molecule has 2 atom stereocenters. The van der Waals surface area contributed by atoms with E-state index in [1.54, 1.807) is 55.5 Å². The standard InChI is InChI=1S/C23H17ClF3N3O3.C22H15ClF3N3O3/c1-2-32-22(31)21(14-7-9-15(10-8-14)23(25,26)27)33-20-12-11-16(24)13-19(20)30-28-17-5-3-4-6-18(17)29-30;1-21(20(30)31,13-6-8-14(9-7-13)22(24,25)26)32-19-11-10-15(23)12-18(19)29-27-16-4-2-3-5-17(16)28-29/h3-13,21H,2H2,1H3;2-12H,1H3,(H,30,31). The van der Waals surface area contributed by atoms with Crippen molar-refractivity contribution >= 4 is 57.2 Å². The monoisotopic (exact) mass is 936 g/mol. The summed E-state index contributed by atoms with van der Waals surface area (Å²) in [6.07, 6.45) is -10.4. The van der Waals surface area contributed by atoms with Gasteiger partial charge in [0, 0.05) is 21.2 Å². The number of esters is 1. The summed E-state index contributed by atoms with van der Waals surface area (Å²) in [7, 11) is 0. The van der Waals surface area contributed by atoms with Gasteiger partial charge in [-0.1, -0.05) is 71.7 Å². The van der Waals surface area contributed by atoms with Gasteiger partial charge in [0.2, 0.25) is 11.7 Å². The quantitative estimate of drug-likeness (QED) is 0.0983. The Morgan fingerprint density at radius 1 is 0.615 bits per heavy atom. The van der Waals surface area contributed by atoms with Crippen LogP contribution >= 0.6 is 23.2 Å². The average Bonchev–Trinajstić information content (AvgIpc) is 3.91. The van der Waals surface area contributed by atoms with Crippen molar-refractivity contribution < 1.29 is 55.2 Å². The third-order valence-corrected chi connectivity index (χ3v) is 10.1. The Kier molecular flexibility index (Phi) is 13.0. The SMILES string of the molecule is CC(Oc1ccc(Cl)cc1-n1nc2ccccc2n1)(C(=O)O)c1ccc(C(F)(F)F)cc1.CCOC(=O)C(Oc1ccc(Cl)cc1-n1nc2ccccc2n1)c1ccc(C(F)(F)F)cc1. The molecule has 0 amide bonds. The first-order chi connectivity index (χ1) is 30.8. The number of halogens is 8. The van der Waals surface area contributed by atoms with E-state index in [9.17, 15) is 41.0 Å². The second kappa shape index (κ2) is 18.5. The minimum atomic E-state index is -4.55. The highest BCUT2D eigenvalue weighted by Gasteiger charge is 2.40. The number of ether oxygens (including phenoxy) is 3. The van der Waals surface area contributed by atoms with Crippen molar-refractivity contribution in [3.05, 3.63) is 166 Å². The van der Waals surface area contributed by atoms with E-state index in [0.29, 0.717) is 37.8 Å².